The van der Waals surface area contributed by atoms with Gasteiger partial charge in [-0.1, -0.05) is 29.8 Å². The van der Waals surface area contributed by atoms with E-state index < -0.39 is 14.9 Å². The maximum atomic E-state index is 13.6. The Morgan fingerprint density at radius 2 is 1.96 bits per heavy atom. The molecule has 27 heavy (non-hydrogen) atoms. The fourth-order valence-electron chi connectivity index (χ4n) is 4.40. The average molecular weight is 388 g/mol. The summed E-state index contributed by atoms with van der Waals surface area (Å²) >= 11 is 0. The highest BCUT2D eigenvalue weighted by molar-refractivity contribution is 7.93. The van der Waals surface area contributed by atoms with E-state index in [1.54, 1.807) is 0 Å². The number of sulfonamides is 1. The molecule has 0 radical (unpaired) electrons. The summed E-state index contributed by atoms with van der Waals surface area (Å²) in [6.07, 6.45) is 0.726. The fraction of sp³-hybridized carbons (Fsp3) is 0.368. The van der Waals surface area contributed by atoms with Crippen molar-refractivity contribution in [1.29, 1.82) is 0 Å². The number of piperidine rings is 1. The molecule has 4 rings (SSSR count). The van der Waals surface area contributed by atoms with Gasteiger partial charge in [-0.25, -0.2) is 8.42 Å². The van der Waals surface area contributed by atoms with Crippen LogP contribution in [-0.2, 0) is 10.0 Å². The van der Waals surface area contributed by atoms with Crippen molar-refractivity contribution in [2.75, 3.05) is 24.4 Å². The van der Waals surface area contributed by atoms with Crippen molar-refractivity contribution in [3.05, 3.63) is 63.7 Å². The Kier molecular flexibility index (Phi) is 4.20. The van der Waals surface area contributed by atoms with E-state index in [1.807, 2.05) is 19.1 Å². The second kappa shape index (κ2) is 6.31. The molecular formula is C19H22N3O4S+. The summed E-state index contributed by atoms with van der Waals surface area (Å²) in [4.78, 5) is 11.9. The quantitative estimate of drug-likeness (QED) is 0.638. The number of aryl methyl sites for hydroxylation is 1. The number of nitrogens with zero attached hydrogens (tertiary/aromatic N) is 2. The van der Waals surface area contributed by atoms with Crippen molar-refractivity contribution in [2.24, 2.45) is 0 Å². The minimum absolute atomic E-state index is 0.103. The number of quaternary nitrogens is 1. The molecule has 1 N–H and O–H groups in total. The van der Waals surface area contributed by atoms with Crippen LogP contribution in [0.15, 0.2) is 47.4 Å². The molecule has 142 valence electrons. The van der Waals surface area contributed by atoms with E-state index in [9.17, 15) is 18.5 Å². The first-order valence-electron chi connectivity index (χ1n) is 9.00. The Balaban J connectivity index is 1.90. The van der Waals surface area contributed by atoms with Gasteiger partial charge in [0.2, 0.25) is 0 Å². The van der Waals surface area contributed by atoms with Crippen LogP contribution in [0.4, 0.5) is 11.4 Å². The molecule has 1 unspecified atom stereocenters. The molecule has 0 spiro atoms. The summed E-state index contributed by atoms with van der Waals surface area (Å²) in [6.45, 7) is 3.72. The number of hydrogen-bond donors (Lipinski definition) is 1. The molecule has 0 aliphatic carbocycles. The number of hydrogen-bond acceptors (Lipinski definition) is 4. The third-order valence-corrected chi connectivity index (χ3v) is 7.51. The first kappa shape index (κ1) is 17.9. The maximum Gasteiger partial charge on any atom is 0.289 e. The Bertz CT molecular complexity index is 1020. The van der Waals surface area contributed by atoms with Crippen molar-refractivity contribution in [3.8, 4) is 0 Å². The molecule has 0 bridgehead atoms. The fourth-order valence-corrected chi connectivity index (χ4v) is 6.30. The summed E-state index contributed by atoms with van der Waals surface area (Å²) < 4.78 is 28.6. The summed E-state index contributed by atoms with van der Waals surface area (Å²) in [5.74, 6) is 0.103. The predicted molar refractivity (Wildman–Crippen MR) is 102 cm³/mol. The van der Waals surface area contributed by atoms with Gasteiger partial charge in [-0.2, -0.15) is 0 Å². The lowest BCUT2D eigenvalue weighted by atomic mass is 9.89. The van der Waals surface area contributed by atoms with Crippen molar-refractivity contribution in [2.45, 2.75) is 30.2 Å². The van der Waals surface area contributed by atoms with Gasteiger partial charge in [-0.15, -0.1) is 0 Å². The number of nitro groups is 1. The highest BCUT2D eigenvalue weighted by Gasteiger charge is 2.49. The molecule has 3 atom stereocenters. The molecule has 1 saturated heterocycles. The molecule has 8 heteroatoms. The highest BCUT2D eigenvalue weighted by atomic mass is 32.2. The topological polar surface area (TPSA) is 85.0 Å². The van der Waals surface area contributed by atoms with Crippen molar-refractivity contribution < 1.29 is 18.2 Å². The van der Waals surface area contributed by atoms with Gasteiger partial charge in [0.05, 0.1) is 42.7 Å². The zero-order valence-electron chi connectivity index (χ0n) is 15.3. The number of benzene rings is 2. The van der Waals surface area contributed by atoms with E-state index in [1.165, 1.54) is 33.5 Å². The number of nitrogens with one attached hydrogen (secondary N) is 1. The van der Waals surface area contributed by atoms with Crippen LogP contribution in [-0.4, -0.2) is 39.5 Å². The summed E-state index contributed by atoms with van der Waals surface area (Å²) in [6, 6.07) is 11.2. The number of para-hydroxylation sites is 1. The Labute approximate surface area is 158 Å². The van der Waals surface area contributed by atoms with Crippen molar-refractivity contribution >= 4 is 21.4 Å². The van der Waals surface area contributed by atoms with Crippen LogP contribution in [0.25, 0.3) is 0 Å². The summed E-state index contributed by atoms with van der Waals surface area (Å²) in [5.41, 5.74) is 2.39. The van der Waals surface area contributed by atoms with E-state index in [-0.39, 0.29) is 22.5 Å². The summed E-state index contributed by atoms with van der Waals surface area (Å²) in [5, 5.41) is 11.4. The minimum Gasteiger partial charge on any atom is -0.337 e. The van der Waals surface area contributed by atoms with E-state index >= 15 is 0 Å². The Morgan fingerprint density at radius 1 is 1.22 bits per heavy atom. The van der Waals surface area contributed by atoms with Gasteiger partial charge in [0, 0.05) is 12.5 Å². The smallest absolute Gasteiger partial charge is 0.289 e. The standard InChI is InChI=1S/C19H21N3O4S/c1-13-7-8-16-14(11-13)15-12-20(2)10-9-17(15)21(16)27(25,26)19-6-4-3-5-18(19)22(23)24/h3-8,11,15,17H,9-10,12H2,1-2H3/p+1/t15-,17-/m0/s1. The van der Waals surface area contributed by atoms with E-state index in [4.69, 9.17) is 0 Å². The van der Waals surface area contributed by atoms with Crippen LogP contribution in [0.5, 0.6) is 0 Å². The van der Waals surface area contributed by atoms with E-state index in [0.29, 0.717) is 5.69 Å². The number of likely N-dealkylation sites (N-methyl/N-ethyl adjacent to an activating group) is 1. The minimum atomic E-state index is -4.05. The SMILES string of the molecule is Cc1ccc2c(c1)[C@@H]1C[NH+](C)CC[C@@H]1N2S(=O)(=O)c1ccccc1[N+](=O)[O-]. The van der Waals surface area contributed by atoms with Gasteiger partial charge < -0.3 is 4.90 Å². The van der Waals surface area contributed by atoms with Crippen molar-refractivity contribution in [1.82, 2.24) is 0 Å². The monoisotopic (exact) mass is 388 g/mol. The number of anilines is 1. The highest BCUT2D eigenvalue weighted by Crippen LogP contribution is 2.46. The zero-order chi connectivity index (χ0) is 19.3. The first-order chi connectivity index (χ1) is 12.8. The number of nitro benzene ring substituents is 1. The van der Waals surface area contributed by atoms with Gasteiger partial charge in [0.15, 0.2) is 4.90 Å². The zero-order valence-corrected chi connectivity index (χ0v) is 16.1. The lowest BCUT2D eigenvalue weighted by Crippen LogP contribution is -3.11. The van der Waals surface area contributed by atoms with Crippen LogP contribution < -0.4 is 9.21 Å². The van der Waals surface area contributed by atoms with Gasteiger partial charge in [-0.3, -0.25) is 14.4 Å². The molecule has 2 aromatic carbocycles. The molecule has 2 aromatic rings. The van der Waals surface area contributed by atoms with E-state index in [0.717, 1.165) is 30.6 Å². The van der Waals surface area contributed by atoms with Gasteiger partial charge in [0.1, 0.15) is 0 Å². The van der Waals surface area contributed by atoms with Crippen LogP contribution in [0, 0.1) is 17.0 Å². The van der Waals surface area contributed by atoms with Crippen LogP contribution in [0.1, 0.15) is 23.5 Å². The second-order valence-corrected chi connectivity index (χ2v) is 9.25. The Hall–Kier alpha value is -2.45. The molecule has 1 fully saturated rings. The number of rotatable bonds is 3. The molecule has 2 heterocycles. The lowest BCUT2D eigenvalue weighted by Gasteiger charge is -2.34. The van der Waals surface area contributed by atoms with Gasteiger partial charge in [-0.05, 0) is 24.6 Å². The van der Waals surface area contributed by atoms with Crippen LogP contribution in [0.2, 0.25) is 0 Å². The molecule has 2 aliphatic rings. The molecule has 7 nitrogen and oxygen atoms in total. The normalized spacial score (nSPS) is 24.4. The first-order valence-corrected chi connectivity index (χ1v) is 10.4. The molecule has 0 amide bonds. The van der Waals surface area contributed by atoms with E-state index in [2.05, 4.69) is 13.1 Å². The lowest BCUT2D eigenvalue weighted by molar-refractivity contribution is -0.886. The molecule has 0 aromatic heterocycles. The molecule has 2 aliphatic heterocycles. The molecule has 0 saturated carbocycles. The predicted octanol–water partition coefficient (Wildman–Crippen LogP) is 1.48. The summed E-state index contributed by atoms with van der Waals surface area (Å²) in [7, 11) is -1.93. The Morgan fingerprint density at radius 3 is 2.70 bits per heavy atom. The number of fused-ring (bicyclic) bond motifs is 3. The second-order valence-electron chi connectivity index (χ2n) is 7.46. The third kappa shape index (κ3) is 2.80. The van der Waals surface area contributed by atoms with Crippen LogP contribution >= 0.6 is 0 Å². The molecular weight excluding hydrogens is 366 g/mol. The maximum absolute atomic E-state index is 13.6. The van der Waals surface area contributed by atoms with Crippen molar-refractivity contribution in [3.63, 3.8) is 0 Å². The number of likely N-dealkylation sites (tertiary alicyclic amines) is 1. The largest absolute Gasteiger partial charge is 0.337 e. The van der Waals surface area contributed by atoms with Gasteiger partial charge >= 0.3 is 0 Å². The third-order valence-electron chi connectivity index (χ3n) is 5.62. The van der Waals surface area contributed by atoms with Gasteiger partial charge in [0.25, 0.3) is 15.7 Å². The average Bonchev–Trinajstić information content (AvgIpc) is 2.95. The van der Waals surface area contributed by atoms with Crippen LogP contribution in [0.3, 0.4) is 0 Å².